The van der Waals surface area contributed by atoms with Gasteiger partial charge in [0, 0.05) is 17.9 Å². The number of anilines is 2. The van der Waals surface area contributed by atoms with E-state index >= 15 is 0 Å². The zero-order chi connectivity index (χ0) is 16.4. The molecule has 0 aromatic heterocycles. The van der Waals surface area contributed by atoms with E-state index < -0.39 is 11.8 Å². The summed E-state index contributed by atoms with van der Waals surface area (Å²) >= 11 is 0. The Morgan fingerprint density at radius 1 is 1.04 bits per heavy atom. The molecule has 1 aliphatic rings. The second kappa shape index (κ2) is 6.24. The van der Waals surface area contributed by atoms with E-state index in [4.69, 9.17) is 0 Å². The third-order valence-electron chi connectivity index (χ3n) is 4.16. The van der Waals surface area contributed by atoms with Crippen LogP contribution in [0.3, 0.4) is 0 Å². The Kier molecular flexibility index (Phi) is 4.15. The summed E-state index contributed by atoms with van der Waals surface area (Å²) in [6.45, 7) is 4.67. The van der Waals surface area contributed by atoms with E-state index in [-0.39, 0.29) is 5.92 Å². The van der Waals surface area contributed by atoms with Gasteiger partial charge in [0.1, 0.15) is 0 Å². The van der Waals surface area contributed by atoms with Gasteiger partial charge in [-0.3, -0.25) is 9.59 Å². The molecule has 4 nitrogen and oxygen atoms in total. The molecule has 2 aromatic rings. The topological polar surface area (TPSA) is 49.4 Å². The van der Waals surface area contributed by atoms with Gasteiger partial charge in [-0.2, -0.15) is 0 Å². The molecule has 0 fully saturated rings. The van der Waals surface area contributed by atoms with Crippen molar-refractivity contribution in [3.63, 3.8) is 0 Å². The molecule has 0 saturated carbocycles. The van der Waals surface area contributed by atoms with E-state index in [1.807, 2.05) is 48.5 Å². The highest BCUT2D eigenvalue weighted by atomic mass is 16.2. The lowest BCUT2D eigenvalue weighted by Gasteiger charge is -2.18. The van der Waals surface area contributed by atoms with Gasteiger partial charge in [0.05, 0.1) is 0 Å². The molecule has 2 aromatic carbocycles. The number of hydrogen-bond donors (Lipinski definition) is 1. The molecule has 4 heteroatoms. The first kappa shape index (κ1) is 15.3. The summed E-state index contributed by atoms with van der Waals surface area (Å²) in [7, 11) is 0. The highest BCUT2D eigenvalue weighted by molar-refractivity contribution is 6.44. The van der Waals surface area contributed by atoms with Crippen molar-refractivity contribution in [1.82, 2.24) is 0 Å². The quantitative estimate of drug-likeness (QED) is 0.865. The first-order valence-electron chi connectivity index (χ1n) is 7.87. The lowest BCUT2D eigenvalue weighted by Crippen LogP contribution is -2.38. The van der Waals surface area contributed by atoms with Crippen LogP contribution < -0.4 is 10.2 Å². The fourth-order valence-electron chi connectivity index (χ4n) is 2.96. The first-order valence-corrected chi connectivity index (χ1v) is 7.87. The molecule has 0 unspecified atom stereocenters. The molecule has 0 atom stereocenters. The summed E-state index contributed by atoms with van der Waals surface area (Å²) in [6, 6.07) is 15.3. The number of carbonyl (C=O) groups excluding carboxylic acids is 2. The second-order valence-corrected chi connectivity index (χ2v) is 6.03. The highest BCUT2D eigenvalue weighted by Gasteiger charge is 2.29. The number of hydrogen-bond acceptors (Lipinski definition) is 2. The highest BCUT2D eigenvalue weighted by Crippen LogP contribution is 2.28. The maximum atomic E-state index is 12.5. The number of nitrogens with zero attached hydrogens (tertiary/aromatic N) is 1. The van der Waals surface area contributed by atoms with Crippen LogP contribution in [0.4, 0.5) is 11.4 Å². The van der Waals surface area contributed by atoms with Crippen LogP contribution in [-0.2, 0) is 16.0 Å². The Morgan fingerprint density at radius 3 is 2.52 bits per heavy atom. The Hall–Kier alpha value is -2.62. The number of amides is 2. The molecule has 0 spiro atoms. The van der Waals surface area contributed by atoms with Crippen LogP contribution >= 0.6 is 0 Å². The van der Waals surface area contributed by atoms with Crippen molar-refractivity contribution in [2.24, 2.45) is 0 Å². The summed E-state index contributed by atoms with van der Waals surface area (Å²) in [5, 5.41) is 2.77. The smallest absolute Gasteiger partial charge is 0.316 e. The molecule has 118 valence electrons. The van der Waals surface area contributed by atoms with Crippen LogP contribution in [0.2, 0.25) is 0 Å². The number of fused-ring (bicyclic) bond motifs is 1. The second-order valence-electron chi connectivity index (χ2n) is 6.03. The number of nitrogens with one attached hydrogen (secondary N) is 1. The van der Waals surface area contributed by atoms with Crippen molar-refractivity contribution in [1.29, 1.82) is 0 Å². The fourth-order valence-corrected chi connectivity index (χ4v) is 2.96. The third kappa shape index (κ3) is 2.97. The first-order chi connectivity index (χ1) is 11.1. The average molecular weight is 308 g/mol. The van der Waals surface area contributed by atoms with E-state index in [0.29, 0.717) is 12.2 Å². The lowest BCUT2D eigenvalue weighted by atomic mass is 10.0. The summed E-state index contributed by atoms with van der Waals surface area (Å²) in [6.07, 6.45) is 0.789. The summed E-state index contributed by atoms with van der Waals surface area (Å²) < 4.78 is 0. The molecule has 0 aliphatic carbocycles. The van der Waals surface area contributed by atoms with Crippen molar-refractivity contribution in [2.75, 3.05) is 16.8 Å². The fraction of sp³-hybridized carbons (Fsp3) is 0.263. The van der Waals surface area contributed by atoms with Crippen LogP contribution in [0.1, 0.15) is 30.9 Å². The summed E-state index contributed by atoms with van der Waals surface area (Å²) in [4.78, 5) is 26.4. The van der Waals surface area contributed by atoms with Crippen LogP contribution in [0.5, 0.6) is 0 Å². The van der Waals surface area contributed by atoms with Crippen molar-refractivity contribution in [2.45, 2.75) is 26.2 Å². The van der Waals surface area contributed by atoms with Gasteiger partial charge in [-0.15, -0.1) is 0 Å². The Morgan fingerprint density at radius 2 is 1.74 bits per heavy atom. The maximum absolute atomic E-state index is 12.5. The zero-order valence-corrected chi connectivity index (χ0v) is 13.4. The van der Waals surface area contributed by atoms with E-state index in [1.54, 1.807) is 4.90 Å². The monoisotopic (exact) mass is 308 g/mol. The molecular weight excluding hydrogens is 288 g/mol. The standard InChI is InChI=1S/C19H20N2O2/c1-13(2)15-8-4-5-9-16(15)20-18(22)19(23)21-12-11-14-7-3-6-10-17(14)21/h3-10,13H,11-12H2,1-2H3,(H,20,22). The van der Waals surface area contributed by atoms with Gasteiger partial charge in [-0.25, -0.2) is 0 Å². The van der Waals surface area contributed by atoms with Gasteiger partial charge < -0.3 is 10.2 Å². The molecular formula is C19H20N2O2. The number of rotatable bonds is 2. The summed E-state index contributed by atoms with van der Waals surface area (Å²) in [5.41, 5.74) is 3.67. The van der Waals surface area contributed by atoms with Crippen LogP contribution in [-0.4, -0.2) is 18.4 Å². The molecule has 2 amide bonds. The van der Waals surface area contributed by atoms with E-state index in [9.17, 15) is 9.59 Å². The predicted molar refractivity (Wildman–Crippen MR) is 91.7 cm³/mol. The molecule has 3 rings (SSSR count). The Balaban J connectivity index is 1.79. The summed E-state index contributed by atoms with van der Waals surface area (Å²) in [5.74, 6) is -0.822. The minimum absolute atomic E-state index is 0.272. The van der Waals surface area contributed by atoms with Crippen molar-refractivity contribution in [3.8, 4) is 0 Å². The molecule has 0 radical (unpaired) electrons. The molecule has 1 aliphatic heterocycles. The minimum atomic E-state index is -0.588. The molecule has 1 heterocycles. The van der Waals surface area contributed by atoms with Gasteiger partial charge in [0.2, 0.25) is 0 Å². The van der Waals surface area contributed by atoms with Gasteiger partial charge in [-0.05, 0) is 35.6 Å². The molecule has 1 N–H and O–H groups in total. The Labute approximate surface area is 136 Å². The maximum Gasteiger partial charge on any atom is 0.316 e. The van der Waals surface area contributed by atoms with Crippen molar-refractivity contribution in [3.05, 3.63) is 59.7 Å². The van der Waals surface area contributed by atoms with Gasteiger partial charge in [0.25, 0.3) is 0 Å². The number of carbonyl (C=O) groups is 2. The molecule has 23 heavy (non-hydrogen) atoms. The average Bonchev–Trinajstić information content (AvgIpc) is 2.98. The van der Waals surface area contributed by atoms with E-state index in [0.717, 1.165) is 23.2 Å². The van der Waals surface area contributed by atoms with Crippen LogP contribution in [0.15, 0.2) is 48.5 Å². The van der Waals surface area contributed by atoms with Gasteiger partial charge in [0.15, 0.2) is 0 Å². The van der Waals surface area contributed by atoms with E-state index in [1.165, 1.54) is 0 Å². The molecule has 0 saturated heterocycles. The van der Waals surface area contributed by atoms with Gasteiger partial charge in [-0.1, -0.05) is 50.2 Å². The Bertz CT molecular complexity index is 753. The predicted octanol–water partition coefficient (Wildman–Crippen LogP) is 3.34. The zero-order valence-electron chi connectivity index (χ0n) is 13.4. The number of para-hydroxylation sites is 2. The van der Waals surface area contributed by atoms with Crippen molar-refractivity contribution < 1.29 is 9.59 Å². The number of benzene rings is 2. The van der Waals surface area contributed by atoms with Crippen molar-refractivity contribution >= 4 is 23.2 Å². The minimum Gasteiger partial charge on any atom is -0.318 e. The SMILES string of the molecule is CC(C)c1ccccc1NC(=O)C(=O)N1CCc2ccccc21. The van der Waals surface area contributed by atoms with Crippen LogP contribution in [0.25, 0.3) is 0 Å². The normalized spacial score (nSPS) is 13.1. The lowest BCUT2D eigenvalue weighted by molar-refractivity contribution is -0.134. The largest absolute Gasteiger partial charge is 0.318 e. The van der Waals surface area contributed by atoms with Gasteiger partial charge >= 0.3 is 11.8 Å². The third-order valence-corrected chi connectivity index (χ3v) is 4.16. The molecule has 0 bridgehead atoms. The van der Waals surface area contributed by atoms with E-state index in [2.05, 4.69) is 19.2 Å². The van der Waals surface area contributed by atoms with Crippen LogP contribution in [0, 0.1) is 0 Å².